The molecule has 10 heteroatoms. The van der Waals surface area contributed by atoms with Crippen LogP contribution in [0, 0.1) is 10.1 Å². The zero-order valence-corrected chi connectivity index (χ0v) is 17.9. The van der Waals surface area contributed by atoms with Gasteiger partial charge in [-0.15, -0.1) is 4.40 Å². The van der Waals surface area contributed by atoms with Gasteiger partial charge in [-0.1, -0.05) is 19.1 Å². The second-order valence-electron chi connectivity index (χ2n) is 6.36. The van der Waals surface area contributed by atoms with Gasteiger partial charge in [0, 0.05) is 18.7 Å². The highest BCUT2D eigenvalue weighted by Crippen LogP contribution is 2.33. The van der Waals surface area contributed by atoms with Crippen molar-refractivity contribution in [3.8, 4) is 0 Å². The summed E-state index contributed by atoms with van der Waals surface area (Å²) in [6.45, 7) is 3.96. The number of likely N-dealkylation sites (N-methyl/N-ethyl adjacent to an activating group) is 1. The molecule has 1 fully saturated rings. The summed E-state index contributed by atoms with van der Waals surface area (Å²) in [6.07, 6.45) is 2.35. The summed E-state index contributed by atoms with van der Waals surface area (Å²) in [5, 5.41) is 10.9. The molecule has 1 aliphatic heterocycles. The molecule has 1 aliphatic rings. The van der Waals surface area contributed by atoms with E-state index in [4.69, 9.17) is 0 Å². The summed E-state index contributed by atoms with van der Waals surface area (Å²) in [5.41, 5.74) is 1.54. The van der Waals surface area contributed by atoms with E-state index in [-0.39, 0.29) is 28.2 Å². The number of sulfonamides is 1. The summed E-state index contributed by atoms with van der Waals surface area (Å²) < 4.78 is 29.3. The third-order valence-corrected chi connectivity index (χ3v) is 6.84. The first-order valence-corrected chi connectivity index (χ1v) is 11.4. The first-order valence-electron chi connectivity index (χ1n) is 9.15. The monoisotopic (exact) mass is 445 g/mol. The van der Waals surface area contributed by atoms with Crippen LogP contribution >= 0.6 is 11.8 Å². The van der Waals surface area contributed by atoms with Gasteiger partial charge in [-0.25, -0.2) is 0 Å². The molecule has 0 N–H and O–H groups in total. The molecular formula is C20H19N3O5S2. The fraction of sp³-hybridized carbons (Fsp3) is 0.200. The third kappa shape index (κ3) is 4.60. The lowest BCUT2D eigenvalue weighted by Gasteiger charge is -2.12. The summed E-state index contributed by atoms with van der Waals surface area (Å²) >= 11 is 0.960. The highest BCUT2D eigenvalue weighted by Gasteiger charge is 2.34. The van der Waals surface area contributed by atoms with E-state index in [2.05, 4.69) is 4.40 Å². The molecule has 156 valence electrons. The predicted octanol–water partition coefficient (Wildman–Crippen LogP) is 3.84. The number of hydrogen-bond acceptors (Lipinski definition) is 6. The predicted molar refractivity (Wildman–Crippen MR) is 116 cm³/mol. The van der Waals surface area contributed by atoms with Crippen LogP contribution in [0.2, 0.25) is 0 Å². The van der Waals surface area contributed by atoms with Crippen molar-refractivity contribution >= 4 is 44.6 Å². The zero-order valence-electron chi connectivity index (χ0n) is 16.3. The maximum absolute atomic E-state index is 12.7. The molecule has 8 nitrogen and oxygen atoms in total. The first-order chi connectivity index (χ1) is 14.2. The number of rotatable bonds is 6. The zero-order chi connectivity index (χ0) is 21.9. The molecule has 0 unspecified atom stereocenters. The van der Waals surface area contributed by atoms with Crippen molar-refractivity contribution in [1.29, 1.82) is 0 Å². The molecule has 2 aromatic carbocycles. The molecule has 1 heterocycles. The fourth-order valence-corrected chi connectivity index (χ4v) is 5.00. The van der Waals surface area contributed by atoms with E-state index in [0.29, 0.717) is 10.5 Å². The number of amidine groups is 1. The number of nitro groups is 1. The number of hydrogen-bond donors (Lipinski definition) is 0. The van der Waals surface area contributed by atoms with E-state index in [0.717, 1.165) is 23.7 Å². The lowest BCUT2D eigenvalue weighted by molar-refractivity contribution is -0.384. The van der Waals surface area contributed by atoms with Crippen LogP contribution in [0.25, 0.3) is 6.08 Å². The second kappa shape index (κ2) is 8.80. The number of carbonyl (C=O) groups excluding carboxylic acids is 1. The van der Waals surface area contributed by atoms with E-state index in [1.807, 2.05) is 6.92 Å². The molecule has 0 bridgehead atoms. The molecular weight excluding hydrogens is 426 g/mol. The quantitative estimate of drug-likeness (QED) is 0.380. The van der Waals surface area contributed by atoms with Crippen LogP contribution in [-0.4, -0.2) is 35.9 Å². The smallest absolute Gasteiger partial charge is 0.284 e. The van der Waals surface area contributed by atoms with Gasteiger partial charge in [0.05, 0.1) is 14.7 Å². The van der Waals surface area contributed by atoms with Gasteiger partial charge >= 0.3 is 0 Å². The maximum Gasteiger partial charge on any atom is 0.284 e. The number of carbonyl (C=O) groups is 1. The number of aryl methyl sites for hydroxylation is 1. The molecule has 0 aromatic heterocycles. The van der Waals surface area contributed by atoms with Crippen molar-refractivity contribution in [2.45, 2.75) is 25.2 Å². The SMILES string of the molecule is CCc1ccc(S(=O)(=O)N=C2SC(=Cc3ccc([N+](=O)[O-])cc3)C(=O)N2CC)cc1. The molecule has 0 atom stereocenters. The summed E-state index contributed by atoms with van der Waals surface area (Å²) in [4.78, 5) is 24.6. The minimum atomic E-state index is -3.98. The highest BCUT2D eigenvalue weighted by atomic mass is 32.2. The Morgan fingerprint density at radius 2 is 1.73 bits per heavy atom. The average molecular weight is 446 g/mol. The Hall–Kier alpha value is -2.98. The molecule has 1 saturated heterocycles. The Balaban J connectivity index is 1.91. The molecule has 0 saturated carbocycles. The van der Waals surface area contributed by atoms with Crippen LogP contribution in [0.3, 0.4) is 0 Å². The van der Waals surface area contributed by atoms with Crippen molar-refractivity contribution in [2.75, 3.05) is 6.54 Å². The van der Waals surface area contributed by atoms with Crippen molar-refractivity contribution in [1.82, 2.24) is 4.90 Å². The average Bonchev–Trinajstić information content (AvgIpc) is 3.01. The van der Waals surface area contributed by atoms with Crippen molar-refractivity contribution < 1.29 is 18.1 Å². The van der Waals surface area contributed by atoms with Gasteiger partial charge in [-0.2, -0.15) is 8.42 Å². The van der Waals surface area contributed by atoms with Crippen LogP contribution in [-0.2, 0) is 21.2 Å². The van der Waals surface area contributed by atoms with Crippen LogP contribution in [0.15, 0.2) is 62.7 Å². The minimum absolute atomic E-state index is 0.0554. The Morgan fingerprint density at radius 1 is 1.10 bits per heavy atom. The molecule has 0 radical (unpaired) electrons. The first kappa shape index (κ1) is 21.7. The summed E-state index contributed by atoms with van der Waals surface area (Å²) in [5.74, 6) is -0.365. The molecule has 3 rings (SSSR count). The molecule has 0 aliphatic carbocycles. The summed E-state index contributed by atoms with van der Waals surface area (Å²) in [7, 11) is -3.98. The topological polar surface area (TPSA) is 110 Å². The van der Waals surface area contributed by atoms with Gasteiger partial charge in [-0.3, -0.25) is 19.8 Å². The Kier molecular flexibility index (Phi) is 6.37. The number of thioether (sulfide) groups is 1. The Labute approximate surface area is 178 Å². The van der Waals surface area contributed by atoms with Gasteiger partial charge in [-0.05, 0) is 66.6 Å². The van der Waals surface area contributed by atoms with Crippen LogP contribution < -0.4 is 0 Å². The standard InChI is InChI=1S/C20H19N3O5S2/c1-3-14-7-11-17(12-8-14)30(27,28)21-20-22(4-2)19(24)18(29-20)13-15-5-9-16(10-6-15)23(25)26/h5-13H,3-4H2,1-2H3. The normalized spacial score (nSPS) is 17.1. The van der Waals surface area contributed by atoms with Gasteiger partial charge in [0.25, 0.3) is 21.6 Å². The van der Waals surface area contributed by atoms with E-state index >= 15 is 0 Å². The second-order valence-corrected chi connectivity index (χ2v) is 8.97. The van der Waals surface area contributed by atoms with Crippen LogP contribution in [0.4, 0.5) is 5.69 Å². The third-order valence-electron chi connectivity index (χ3n) is 4.43. The Bertz CT molecular complexity index is 1140. The van der Waals surface area contributed by atoms with Crippen molar-refractivity contribution in [2.24, 2.45) is 4.40 Å². The number of non-ortho nitro benzene ring substituents is 1. The molecule has 0 spiro atoms. The molecule has 30 heavy (non-hydrogen) atoms. The largest absolute Gasteiger partial charge is 0.286 e. The molecule has 1 amide bonds. The number of amides is 1. The maximum atomic E-state index is 12.7. The van der Waals surface area contributed by atoms with Crippen LogP contribution in [0.1, 0.15) is 25.0 Å². The lowest BCUT2D eigenvalue weighted by Crippen LogP contribution is -2.29. The van der Waals surface area contributed by atoms with E-state index in [1.54, 1.807) is 25.1 Å². The number of nitrogens with zero attached hydrogens (tertiary/aromatic N) is 3. The Morgan fingerprint density at radius 3 is 2.27 bits per heavy atom. The minimum Gasteiger partial charge on any atom is -0.286 e. The van der Waals surface area contributed by atoms with Crippen LogP contribution in [0.5, 0.6) is 0 Å². The summed E-state index contributed by atoms with van der Waals surface area (Å²) in [6, 6.07) is 12.2. The number of benzene rings is 2. The van der Waals surface area contributed by atoms with Crippen molar-refractivity contribution in [3.63, 3.8) is 0 Å². The van der Waals surface area contributed by atoms with E-state index < -0.39 is 14.9 Å². The van der Waals surface area contributed by atoms with E-state index in [1.165, 1.54) is 41.3 Å². The van der Waals surface area contributed by atoms with Gasteiger partial charge in [0.2, 0.25) is 0 Å². The fourth-order valence-electron chi connectivity index (χ4n) is 2.75. The van der Waals surface area contributed by atoms with Gasteiger partial charge in [0.15, 0.2) is 5.17 Å². The van der Waals surface area contributed by atoms with E-state index in [9.17, 15) is 23.3 Å². The highest BCUT2D eigenvalue weighted by molar-refractivity contribution is 8.19. The number of nitro benzene ring substituents is 1. The molecule has 2 aromatic rings. The van der Waals surface area contributed by atoms with Gasteiger partial charge < -0.3 is 0 Å². The lowest BCUT2D eigenvalue weighted by atomic mass is 10.2. The van der Waals surface area contributed by atoms with Gasteiger partial charge in [0.1, 0.15) is 0 Å². The van der Waals surface area contributed by atoms with Crippen molar-refractivity contribution in [3.05, 3.63) is 74.7 Å².